The van der Waals surface area contributed by atoms with Crippen LogP contribution in [0.1, 0.15) is 43.2 Å². The summed E-state index contributed by atoms with van der Waals surface area (Å²) in [7, 11) is 3.43. The van der Waals surface area contributed by atoms with Gasteiger partial charge in [-0.1, -0.05) is 18.9 Å². The molecule has 1 saturated carbocycles. The number of hydrogen-bond acceptors (Lipinski definition) is 5. The smallest absolute Gasteiger partial charge is 0.129 e. The van der Waals surface area contributed by atoms with Crippen LogP contribution in [0.25, 0.3) is 0 Å². The van der Waals surface area contributed by atoms with Gasteiger partial charge in [-0.2, -0.15) is 0 Å². The van der Waals surface area contributed by atoms with Gasteiger partial charge in [-0.15, -0.1) is 0 Å². The van der Waals surface area contributed by atoms with E-state index >= 15 is 0 Å². The maximum absolute atomic E-state index is 9.55. The van der Waals surface area contributed by atoms with Gasteiger partial charge in [0.1, 0.15) is 11.5 Å². The van der Waals surface area contributed by atoms with Gasteiger partial charge in [-0.25, -0.2) is 0 Å². The van der Waals surface area contributed by atoms with Crippen LogP contribution in [0.2, 0.25) is 0 Å². The fraction of sp³-hybridized carbons (Fsp3) is 0.714. The molecule has 5 heteroatoms. The maximum atomic E-state index is 9.55. The van der Waals surface area contributed by atoms with Crippen LogP contribution >= 0.6 is 0 Å². The second kappa shape index (κ2) is 9.07. The van der Waals surface area contributed by atoms with E-state index in [1.165, 1.54) is 31.2 Å². The molecule has 146 valence electrons. The zero-order chi connectivity index (χ0) is 18.5. The highest BCUT2D eigenvalue weighted by molar-refractivity contribution is 5.49. The van der Waals surface area contributed by atoms with Crippen LogP contribution in [0.15, 0.2) is 12.1 Å². The molecule has 0 spiro atoms. The molecule has 0 aromatic heterocycles. The van der Waals surface area contributed by atoms with Gasteiger partial charge in [0, 0.05) is 56.0 Å². The normalized spacial score (nSPS) is 22.7. The Balaban J connectivity index is 1.70. The third-order valence-electron chi connectivity index (χ3n) is 6.12. The average Bonchev–Trinajstić information content (AvgIpc) is 3.17. The molecule has 1 aliphatic heterocycles. The highest BCUT2D eigenvalue weighted by Gasteiger charge is 2.33. The van der Waals surface area contributed by atoms with E-state index in [0.29, 0.717) is 6.04 Å². The van der Waals surface area contributed by atoms with Gasteiger partial charge in [-0.05, 0) is 32.3 Å². The minimum atomic E-state index is 0.271. The summed E-state index contributed by atoms with van der Waals surface area (Å²) in [5.74, 6) is 1.80. The fourth-order valence-electron chi connectivity index (χ4n) is 4.80. The number of benzene rings is 1. The Hall–Kier alpha value is -1.30. The lowest BCUT2D eigenvalue weighted by molar-refractivity contribution is 0.0264. The summed E-state index contributed by atoms with van der Waals surface area (Å²) in [5, 5.41) is 9.55. The SMILES string of the molecule is COc1ccc(CN2CCN(C3CCCC3)C(CCO)C2)c(OC)c1C. The van der Waals surface area contributed by atoms with Crippen molar-refractivity contribution in [2.24, 2.45) is 0 Å². The van der Waals surface area contributed by atoms with Crippen LogP contribution < -0.4 is 9.47 Å². The molecule has 26 heavy (non-hydrogen) atoms. The lowest BCUT2D eigenvalue weighted by Crippen LogP contribution is -2.56. The summed E-state index contributed by atoms with van der Waals surface area (Å²) < 4.78 is 11.1. The summed E-state index contributed by atoms with van der Waals surface area (Å²) in [6.07, 6.45) is 6.24. The molecule has 1 N–H and O–H groups in total. The van der Waals surface area contributed by atoms with Crippen molar-refractivity contribution in [2.45, 2.75) is 57.7 Å². The summed E-state index contributed by atoms with van der Waals surface area (Å²) in [5.41, 5.74) is 2.27. The van der Waals surface area contributed by atoms with E-state index in [9.17, 15) is 5.11 Å². The molecule has 1 unspecified atom stereocenters. The zero-order valence-electron chi connectivity index (χ0n) is 16.5. The second-order valence-corrected chi connectivity index (χ2v) is 7.66. The second-order valence-electron chi connectivity index (χ2n) is 7.66. The van der Waals surface area contributed by atoms with Crippen molar-refractivity contribution in [2.75, 3.05) is 40.5 Å². The molecule has 1 aromatic carbocycles. The average molecular weight is 363 g/mol. The molecule has 1 heterocycles. The monoisotopic (exact) mass is 362 g/mol. The number of ether oxygens (including phenoxy) is 2. The number of hydrogen-bond donors (Lipinski definition) is 1. The van der Waals surface area contributed by atoms with Crippen molar-refractivity contribution in [1.29, 1.82) is 0 Å². The molecular weight excluding hydrogens is 328 g/mol. The van der Waals surface area contributed by atoms with Crippen LogP contribution in [-0.2, 0) is 6.54 Å². The van der Waals surface area contributed by atoms with E-state index in [2.05, 4.69) is 15.9 Å². The Bertz CT molecular complexity index is 587. The Kier molecular flexibility index (Phi) is 6.79. The number of nitrogens with zero attached hydrogens (tertiary/aromatic N) is 2. The molecule has 3 rings (SSSR count). The van der Waals surface area contributed by atoms with Crippen molar-refractivity contribution in [3.05, 3.63) is 23.3 Å². The number of aliphatic hydroxyl groups is 1. The molecule has 1 aliphatic carbocycles. The van der Waals surface area contributed by atoms with Gasteiger partial charge < -0.3 is 14.6 Å². The van der Waals surface area contributed by atoms with Crippen LogP contribution in [0.3, 0.4) is 0 Å². The lowest BCUT2D eigenvalue weighted by Gasteiger charge is -2.44. The lowest BCUT2D eigenvalue weighted by atomic mass is 10.0. The minimum absolute atomic E-state index is 0.271. The van der Waals surface area contributed by atoms with Crippen LogP contribution in [0, 0.1) is 6.92 Å². The predicted octanol–water partition coefficient (Wildman–Crippen LogP) is 2.82. The van der Waals surface area contributed by atoms with Gasteiger partial charge in [-0.3, -0.25) is 9.80 Å². The molecule has 1 saturated heterocycles. The Morgan fingerprint density at radius 1 is 1.12 bits per heavy atom. The number of rotatable bonds is 7. The molecule has 0 amide bonds. The van der Waals surface area contributed by atoms with Crippen molar-refractivity contribution >= 4 is 0 Å². The first-order valence-electron chi connectivity index (χ1n) is 9.97. The van der Waals surface area contributed by atoms with Crippen LogP contribution in [-0.4, -0.2) is 67.5 Å². The molecular formula is C21H34N2O3. The van der Waals surface area contributed by atoms with E-state index in [0.717, 1.165) is 55.7 Å². The summed E-state index contributed by atoms with van der Waals surface area (Å²) in [6, 6.07) is 5.34. The molecule has 1 atom stereocenters. The topological polar surface area (TPSA) is 45.2 Å². The van der Waals surface area contributed by atoms with Crippen molar-refractivity contribution in [3.8, 4) is 11.5 Å². The molecule has 2 fully saturated rings. The maximum Gasteiger partial charge on any atom is 0.129 e. The molecule has 0 bridgehead atoms. The van der Waals surface area contributed by atoms with E-state index in [1.54, 1.807) is 14.2 Å². The number of aliphatic hydroxyl groups excluding tert-OH is 1. The first kappa shape index (κ1) is 19.5. The van der Waals surface area contributed by atoms with E-state index in [4.69, 9.17) is 9.47 Å². The standard InChI is InChI=1S/C21H34N2O3/c1-16-20(25-2)9-8-17(21(16)26-3)14-22-11-12-23(18-6-4-5-7-18)19(15-22)10-13-24/h8-9,18-19,24H,4-7,10-15H2,1-3H3. The molecule has 5 nitrogen and oxygen atoms in total. The Morgan fingerprint density at radius 3 is 2.54 bits per heavy atom. The molecule has 1 aromatic rings. The highest BCUT2D eigenvalue weighted by Crippen LogP contribution is 2.33. The van der Waals surface area contributed by atoms with Gasteiger partial charge in [0.05, 0.1) is 14.2 Å². The minimum Gasteiger partial charge on any atom is -0.496 e. The highest BCUT2D eigenvalue weighted by atomic mass is 16.5. The van der Waals surface area contributed by atoms with Crippen LogP contribution in [0.5, 0.6) is 11.5 Å². The third-order valence-corrected chi connectivity index (χ3v) is 6.12. The van der Waals surface area contributed by atoms with Gasteiger partial charge in [0.2, 0.25) is 0 Å². The summed E-state index contributed by atoms with van der Waals surface area (Å²) >= 11 is 0. The van der Waals surface area contributed by atoms with E-state index in [1.807, 2.05) is 13.0 Å². The summed E-state index contributed by atoms with van der Waals surface area (Å²) in [6.45, 7) is 6.40. The largest absolute Gasteiger partial charge is 0.496 e. The first-order valence-corrected chi connectivity index (χ1v) is 9.97. The van der Waals surface area contributed by atoms with Crippen molar-refractivity contribution in [1.82, 2.24) is 9.80 Å². The number of methoxy groups -OCH3 is 2. The molecule has 2 aliphatic rings. The number of piperazine rings is 1. The third kappa shape index (κ3) is 4.16. The predicted molar refractivity (Wildman–Crippen MR) is 104 cm³/mol. The van der Waals surface area contributed by atoms with Crippen LogP contribution in [0.4, 0.5) is 0 Å². The Labute approximate surface area is 157 Å². The summed E-state index contributed by atoms with van der Waals surface area (Å²) in [4.78, 5) is 5.19. The van der Waals surface area contributed by atoms with Gasteiger partial charge in [0.15, 0.2) is 0 Å². The van der Waals surface area contributed by atoms with Gasteiger partial charge in [0.25, 0.3) is 0 Å². The quantitative estimate of drug-likeness (QED) is 0.808. The zero-order valence-corrected chi connectivity index (χ0v) is 16.5. The van der Waals surface area contributed by atoms with E-state index in [-0.39, 0.29) is 6.61 Å². The van der Waals surface area contributed by atoms with Gasteiger partial charge >= 0.3 is 0 Å². The van der Waals surface area contributed by atoms with Crippen molar-refractivity contribution in [3.63, 3.8) is 0 Å². The molecule has 0 radical (unpaired) electrons. The first-order chi connectivity index (χ1) is 12.7. The fourth-order valence-corrected chi connectivity index (χ4v) is 4.80. The Morgan fingerprint density at radius 2 is 1.88 bits per heavy atom. The van der Waals surface area contributed by atoms with Crippen molar-refractivity contribution < 1.29 is 14.6 Å². The van der Waals surface area contributed by atoms with E-state index < -0.39 is 0 Å².